The van der Waals surface area contributed by atoms with Crippen LogP contribution in [0, 0.1) is 5.92 Å². The van der Waals surface area contributed by atoms with E-state index in [1.54, 1.807) is 0 Å². The normalized spacial score (nSPS) is 19.6. The van der Waals surface area contributed by atoms with Gasteiger partial charge in [-0.3, -0.25) is 9.59 Å². The highest BCUT2D eigenvalue weighted by molar-refractivity contribution is 9.10. The highest BCUT2D eigenvalue weighted by Gasteiger charge is 2.44. The van der Waals surface area contributed by atoms with Crippen LogP contribution in [0.15, 0.2) is 77.3 Å². The molecule has 4 rings (SSSR count). The van der Waals surface area contributed by atoms with E-state index in [0.29, 0.717) is 19.6 Å². The smallest absolute Gasteiger partial charge is 0.316 e. The molecule has 2 atom stereocenters. The van der Waals surface area contributed by atoms with Crippen LogP contribution in [-0.4, -0.2) is 41.3 Å². The molecule has 0 spiro atoms. The number of rotatable bonds is 9. The fraction of sp³-hybridized carbons (Fsp3) is 0.609. The third-order valence-corrected chi connectivity index (χ3v) is 14.1. The van der Waals surface area contributed by atoms with Crippen molar-refractivity contribution in [3.63, 3.8) is 0 Å². The van der Waals surface area contributed by atoms with Gasteiger partial charge in [0.25, 0.3) is 0 Å². The number of hydrogen-bond acceptors (Lipinski definition) is 4. The van der Waals surface area contributed by atoms with Crippen molar-refractivity contribution in [1.82, 2.24) is 0 Å². The molecule has 2 aliphatic rings. The fourth-order valence-electron chi connectivity index (χ4n) is 6.54. The number of hydrogen-bond donors (Lipinski definition) is 0. The minimum atomic E-state index is -1.22. The number of carbonyl (C=O) groups is 2. The molecule has 2 unspecified atom stereocenters. The Bertz CT molecular complexity index is 1520. The first kappa shape index (κ1) is 46.9. The van der Waals surface area contributed by atoms with Crippen LogP contribution < -0.4 is 0 Å². The Morgan fingerprint density at radius 2 is 1.30 bits per heavy atom. The van der Waals surface area contributed by atoms with Crippen molar-refractivity contribution in [2.45, 2.75) is 161 Å². The summed E-state index contributed by atoms with van der Waals surface area (Å²) in [7, 11) is -2.30. The quantitative estimate of drug-likeness (QED) is 0.144. The van der Waals surface area contributed by atoms with Gasteiger partial charge in [-0.25, -0.2) is 0 Å². The SMILES string of the molecule is C=C1CCCC(C(=O)OCC[Si](C)(C)C)(c2cccc(C(C)(C)C)c2)C1.C=C1CCCC(C(=O)OCC[Si](C)(C)C)C1.CC(C)(C)c1cccc(Br)c1. The lowest BCUT2D eigenvalue weighted by atomic mass is 9.67. The van der Waals surface area contributed by atoms with Gasteiger partial charge in [-0.05, 0) is 103 Å². The van der Waals surface area contributed by atoms with Crippen molar-refractivity contribution in [3.05, 3.63) is 94.0 Å². The predicted molar refractivity (Wildman–Crippen MR) is 237 cm³/mol. The van der Waals surface area contributed by atoms with E-state index in [1.165, 1.54) is 22.3 Å². The predicted octanol–water partition coefficient (Wildman–Crippen LogP) is 13.6. The van der Waals surface area contributed by atoms with Gasteiger partial charge in [-0.15, -0.1) is 0 Å². The number of esters is 2. The molecule has 2 saturated carbocycles. The van der Waals surface area contributed by atoms with E-state index in [4.69, 9.17) is 9.47 Å². The van der Waals surface area contributed by atoms with Gasteiger partial charge in [-0.2, -0.15) is 0 Å². The van der Waals surface area contributed by atoms with E-state index in [9.17, 15) is 9.59 Å². The molecular weight excluding hydrogens is 753 g/mol. The lowest BCUT2D eigenvalue weighted by Crippen LogP contribution is -2.40. The molecule has 0 aliphatic heterocycles. The van der Waals surface area contributed by atoms with Crippen molar-refractivity contribution < 1.29 is 19.1 Å². The summed E-state index contributed by atoms with van der Waals surface area (Å²) in [6.45, 7) is 36.4. The van der Waals surface area contributed by atoms with Crippen LogP contribution in [-0.2, 0) is 35.3 Å². The molecule has 2 aromatic carbocycles. The van der Waals surface area contributed by atoms with Gasteiger partial charge >= 0.3 is 11.9 Å². The van der Waals surface area contributed by atoms with Gasteiger partial charge in [0.2, 0.25) is 0 Å². The van der Waals surface area contributed by atoms with Crippen LogP contribution in [0.3, 0.4) is 0 Å². The van der Waals surface area contributed by atoms with Gasteiger partial charge in [0, 0.05) is 20.6 Å². The third kappa shape index (κ3) is 17.0. The first-order valence-electron chi connectivity index (χ1n) is 19.9. The summed E-state index contributed by atoms with van der Waals surface area (Å²) in [6, 6.07) is 19.1. The average Bonchev–Trinajstić information content (AvgIpc) is 3.03. The second-order valence-corrected chi connectivity index (χ2v) is 32.1. The van der Waals surface area contributed by atoms with E-state index in [0.717, 1.165) is 67.1 Å². The Morgan fingerprint density at radius 3 is 1.79 bits per heavy atom. The fourth-order valence-corrected chi connectivity index (χ4v) is 8.36. The lowest BCUT2D eigenvalue weighted by Gasteiger charge is -2.37. The second-order valence-electron chi connectivity index (χ2n) is 19.9. The Hall–Kier alpha value is -2.23. The first-order chi connectivity index (χ1) is 24.3. The van der Waals surface area contributed by atoms with Gasteiger partial charge < -0.3 is 9.47 Å². The van der Waals surface area contributed by atoms with Crippen LogP contribution in [0.25, 0.3) is 0 Å². The summed E-state index contributed by atoms with van der Waals surface area (Å²) in [5.41, 5.74) is 5.86. The Labute approximate surface area is 335 Å². The molecule has 0 saturated heterocycles. The molecule has 7 heteroatoms. The van der Waals surface area contributed by atoms with E-state index in [2.05, 4.69) is 158 Å². The van der Waals surface area contributed by atoms with Crippen molar-refractivity contribution in [1.29, 1.82) is 0 Å². The number of ether oxygens (including phenoxy) is 2. The Morgan fingerprint density at radius 1 is 0.774 bits per heavy atom. The van der Waals surface area contributed by atoms with E-state index in [-0.39, 0.29) is 28.7 Å². The van der Waals surface area contributed by atoms with E-state index in [1.807, 2.05) is 0 Å². The molecule has 2 aliphatic carbocycles. The number of halogens is 1. The molecule has 0 heterocycles. The molecule has 53 heavy (non-hydrogen) atoms. The summed E-state index contributed by atoms with van der Waals surface area (Å²) >= 11 is 3.45. The lowest BCUT2D eigenvalue weighted by molar-refractivity contribution is -0.151. The van der Waals surface area contributed by atoms with Crippen LogP contribution in [0.4, 0.5) is 0 Å². The molecule has 0 amide bonds. The molecule has 0 bridgehead atoms. The van der Waals surface area contributed by atoms with Crippen molar-refractivity contribution in [2.75, 3.05) is 13.2 Å². The summed E-state index contributed by atoms with van der Waals surface area (Å²) in [4.78, 5) is 25.0. The third-order valence-electron chi connectivity index (χ3n) is 10.2. The molecule has 2 fully saturated rings. The highest BCUT2D eigenvalue weighted by atomic mass is 79.9. The van der Waals surface area contributed by atoms with Crippen LogP contribution in [0.1, 0.15) is 110 Å². The molecule has 0 radical (unpaired) electrons. The van der Waals surface area contributed by atoms with Crippen molar-refractivity contribution >= 4 is 44.0 Å². The minimum Gasteiger partial charge on any atom is -0.466 e. The monoisotopic (exact) mass is 824 g/mol. The average molecular weight is 826 g/mol. The van der Waals surface area contributed by atoms with Crippen LogP contribution >= 0.6 is 15.9 Å². The van der Waals surface area contributed by atoms with Crippen LogP contribution in [0.2, 0.25) is 51.4 Å². The van der Waals surface area contributed by atoms with Gasteiger partial charge in [0.15, 0.2) is 0 Å². The molecule has 0 N–H and O–H groups in total. The molecule has 2 aromatic rings. The van der Waals surface area contributed by atoms with Gasteiger partial charge in [0.1, 0.15) is 0 Å². The zero-order valence-corrected chi connectivity index (χ0v) is 39.2. The largest absolute Gasteiger partial charge is 0.466 e. The number of carbonyl (C=O) groups excluding carboxylic acids is 2. The maximum atomic E-state index is 13.3. The zero-order chi connectivity index (χ0) is 40.3. The molecule has 0 aromatic heterocycles. The zero-order valence-electron chi connectivity index (χ0n) is 35.6. The number of allylic oxidation sites excluding steroid dienone is 2. The van der Waals surface area contributed by atoms with E-state index < -0.39 is 21.6 Å². The molecular formula is C46H73BrO4Si2. The number of benzene rings is 2. The summed E-state index contributed by atoms with van der Waals surface area (Å²) in [6.07, 6.45) is 7.57. The Kier molecular flexibility index (Phi) is 17.8. The topological polar surface area (TPSA) is 52.6 Å². The Balaban J connectivity index is 0.000000305. The highest BCUT2D eigenvalue weighted by Crippen LogP contribution is 2.43. The van der Waals surface area contributed by atoms with Crippen LogP contribution in [0.5, 0.6) is 0 Å². The second kappa shape index (κ2) is 20.1. The van der Waals surface area contributed by atoms with E-state index >= 15 is 0 Å². The van der Waals surface area contributed by atoms with Gasteiger partial charge in [0.05, 0.1) is 24.5 Å². The standard InChI is InChI=1S/C23H36O2Si.C13H24O2Si.C10H13Br/c1-18-10-9-13-23(17-18,21(24)25-14-15-26(5,6)7)20-12-8-11-19(16-20)22(2,3)4;1-11-6-5-7-12(10-11)13(14)15-8-9-16(2,3)4;1-10(2,3)8-5-4-6-9(11)7-8/h8,11-12,16H,1,9-10,13-15,17H2,2-7H3;12H,1,5-10H2,2-4H3;4-7H,1-3H3. The summed E-state index contributed by atoms with van der Waals surface area (Å²) in [5, 5.41) is 0. The first-order valence-corrected chi connectivity index (χ1v) is 28.1. The van der Waals surface area contributed by atoms with Crippen molar-refractivity contribution in [2.24, 2.45) is 5.92 Å². The van der Waals surface area contributed by atoms with Crippen molar-refractivity contribution in [3.8, 4) is 0 Å². The summed E-state index contributed by atoms with van der Waals surface area (Å²) < 4.78 is 12.4. The molecule has 4 nitrogen and oxygen atoms in total. The minimum absolute atomic E-state index is 0.000833. The molecule has 296 valence electrons. The maximum Gasteiger partial charge on any atom is 0.316 e. The maximum absolute atomic E-state index is 13.3. The summed E-state index contributed by atoms with van der Waals surface area (Å²) in [5.74, 6) is 0.0321. The van der Waals surface area contributed by atoms with Gasteiger partial charge in [-0.1, -0.05) is 157 Å².